The molecule has 22 heavy (non-hydrogen) atoms. The van der Waals surface area contributed by atoms with Crippen molar-refractivity contribution in [2.75, 3.05) is 13.2 Å². The summed E-state index contributed by atoms with van der Waals surface area (Å²) in [5, 5.41) is 28.9. The Bertz CT molecular complexity index is 605. The van der Waals surface area contributed by atoms with Crippen molar-refractivity contribution in [1.82, 2.24) is 0 Å². The SMILES string of the molecule is CCOC(=O)Cc1cc(O)c(C(=O)OCC)c(O)c1C(=O)O. The lowest BCUT2D eigenvalue weighted by atomic mass is 9.98. The van der Waals surface area contributed by atoms with E-state index in [2.05, 4.69) is 9.47 Å². The predicted molar refractivity (Wildman–Crippen MR) is 73.0 cm³/mol. The minimum atomic E-state index is -1.55. The predicted octanol–water partition coefficient (Wildman–Crippen LogP) is 1.08. The number of benzene rings is 1. The van der Waals surface area contributed by atoms with Gasteiger partial charge in [0.1, 0.15) is 22.6 Å². The number of carboxylic acid groups (broad SMARTS) is 1. The molecule has 1 aromatic carbocycles. The summed E-state index contributed by atoms with van der Waals surface area (Å²) in [6, 6.07) is 0.923. The van der Waals surface area contributed by atoms with Gasteiger partial charge in [-0.3, -0.25) is 4.79 Å². The third-order valence-electron chi connectivity index (χ3n) is 2.70. The minimum absolute atomic E-state index is 0.0231. The van der Waals surface area contributed by atoms with Crippen LogP contribution in [0.2, 0.25) is 0 Å². The van der Waals surface area contributed by atoms with Crippen molar-refractivity contribution in [3.05, 3.63) is 22.8 Å². The molecule has 0 unspecified atom stereocenters. The van der Waals surface area contributed by atoms with Crippen LogP contribution < -0.4 is 0 Å². The Hall–Kier alpha value is -2.77. The molecule has 120 valence electrons. The number of ether oxygens (including phenoxy) is 2. The van der Waals surface area contributed by atoms with Crippen molar-refractivity contribution in [3.8, 4) is 11.5 Å². The first kappa shape index (κ1) is 17.3. The molecular weight excluding hydrogens is 296 g/mol. The van der Waals surface area contributed by atoms with Gasteiger partial charge in [-0.25, -0.2) is 9.59 Å². The minimum Gasteiger partial charge on any atom is -0.507 e. The Kier molecular flexibility index (Phi) is 5.73. The number of carboxylic acids is 1. The molecule has 0 fully saturated rings. The van der Waals surface area contributed by atoms with Crippen LogP contribution in [0.25, 0.3) is 0 Å². The lowest BCUT2D eigenvalue weighted by molar-refractivity contribution is -0.142. The molecule has 0 aliphatic rings. The Morgan fingerprint density at radius 2 is 1.64 bits per heavy atom. The van der Waals surface area contributed by atoms with Gasteiger partial charge in [0.05, 0.1) is 19.6 Å². The molecule has 1 rings (SSSR count). The van der Waals surface area contributed by atoms with Crippen LogP contribution in [0.5, 0.6) is 11.5 Å². The van der Waals surface area contributed by atoms with Crippen LogP contribution in [-0.2, 0) is 20.7 Å². The van der Waals surface area contributed by atoms with Crippen molar-refractivity contribution in [2.45, 2.75) is 20.3 Å². The smallest absolute Gasteiger partial charge is 0.345 e. The third kappa shape index (κ3) is 3.66. The maximum atomic E-state index is 11.7. The normalized spacial score (nSPS) is 10.1. The highest BCUT2D eigenvalue weighted by atomic mass is 16.5. The first-order chi connectivity index (χ1) is 10.3. The lowest BCUT2D eigenvalue weighted by Crippen LogP contribution is -2.14. The number of rotatable bonds is 6. The second-order valence-corrected chi connectivity index (χ2v) is 4.16. The van der Waals surface area contributed by atoms with Gasteiger partial charge in [-0.1, -0.05) is 0 Å². The van der Waals surface area contributed by atoms with Crippen molar-refractivity contribution < 1.29 is 39.2 Å². The zero-order chi connectivity index (χ0) is 16.9. The summed E-state index contributed by atoms with van der Waals surface area (Å²) in [4.78, 5) is 34.4. The van der Waals surface area contributed by atoms with E-state index in [0.717, 1.165) is 6.07 Å². The zero-order valence-electron chi connectivity index (χ0n) is 12.1. The van der Waals surface area contributed by atoms with Crippen LogP contribution in [0.15, 0.2) is 6.07 Å². The molecular formula is C14H16O8. The molecule has 8 heteroatoms. The molecule has 0 spiro atoms. The Labute approximate surface area is 125 Å². The van der Waals surface area contributed by atoms with E-state index < -0.39 is 47.0 Å². The number of phenols is 2. The van der Waals surface area contributed by atoms with E-state index in [1.165, 1.54) is 6.92 Å². The quantitative estimate of drug-likeness (QED) is 0.665. The highest BCUT2D eigenvalue weighted by Gasteiger charge is 2.28. The van der Waals surface area contributed by atoms with Crippen molar-refractivity contribution >= 4 is 17.9 Å². The maximum absolute atomic E-state index is 11.7. The summed E-state index contributed by atoms with van der Waals surface area (Å²) in [7, 11) is 0. The average Bonchev–Trinajstić information content (AvgIpc) is 2.37. The molecule has 1 aromatic rings. The van der Waals surface area contributed by atoms with Crippen LogP contribution in [0.4, 0.5) is 0 Å². The Balaban J connectivity index is 3.39. The highest BCUT2D eigenvalue weighted by molar-refractivity contribution is 6.03. The van der Waals surface area contributed by atoms with Gasteiger partial charge in [0, 0.05) is 0 Å². The first-order valence-electron chi connectivity index (χ1n) is 6.47. The van der Waals surface area contributed by atoms with E-state index in [9.17, 15) is 29.7 Å². The van der Waals surface area contributed by atoms with Crippen molar-refractivity contribution in [1.29, 1.82) is 0 Å². The highest BCUT2D eigenvalue weighted by Crippen LogP contribution is 2.34. The summed E-state index contributed by atoms with van der Waals surface area (Å²) >= 11 is 0. The van der Waals surface area contributed by atoms with E-state index in [1.54, 1.807) is 6.92 Å². The number of carbonyl (C=O) groups is 3. The molecule has 8 nitrogen and oxygen atoms in total. The standard InChI is InChI=1S/C14H16O8/c1-3-21-9(16)6-7-5-8(15)11(14(20)22-4-2)12(17)10(7)13(18)19/h5,15,17H,3-4,6H2,1-2H3,(H,18,19). The van der Waals surface area contributed by atoms with Gasteiger partial charge >= 0.3 is 17.9 Å². The summed E-state index contributed by atoms with van der Waals surface area (Å²) in [5.74, 6) is -4.98. The molecule has 0 heterocycles. The zero-order valence-corrected chi connectivity index (χ0v) is 12.1. The fourth-order valence-electron chi connectivity index (χ4n) is 1.86. The molecule has 0 aliphatic heterocycles. The van der Waals surface area contributed by atoms with Crippen LogP contribution >= 0.6 is 0 Å². The molecule has 0 amide bonds. The Morgan fingerprint density at radius 3 is 2.14 bits per heavy atom. The van der Waals surface area contributed by atoms with Crippen molar-refractivity contribution in [2.24, 2.45) is 0 Å². The van der Waals surface area contributed by atoms with Gasteiger partial charge in [0.25, 0.3) is 0 Å². The van der Waals surface area contributed by atoms with E-state index in [4.69, 9.17) is 0 Å². The van der Waals surface area contributed by atoms with E-state index in [-0.39, 0.29) is 18.8 Å². The van der Waals surface area contributed by atoms with Crippen molar-refractivity contribution in [3.63, 3.8) is 0 Å². The lowest BCUT2D eigenvalue weighted by Gasteiger charge is -2.13. The summed E-state index contributed by atoms with van der Waals surface area (Å²) < 4.78 is 9.33. The number of aromatic hydroxyl groups is 2. The number of hydrogen-bond acceptors (Lipinski definition) is 7. The molecule has 0 radical (unpaired) electrons. The summed E-state index contributed by atoms with van der Waals surface area (Å²) in [6.45, 7) is 3.17. The second-order valence-electron chi connectivity index (χ2n) is 4.16. The summed E-state index contributed by atoms with van der Waals surface area (Å²) in [5.41, 5.74) is -1.49. The monoisotopic (exact) mass is 312 g/mol. The Morgan fingerprint density at radius 1 is 1.05 bits per heavy atom. The maximum Gasteiger partial charge on any atom is 0.345 e. The summed E-state index contributed by atoms with van der Waals surface area (Å²) in [6.07, 6.45) is -0.473. The van der Waals surface area contributed by atoms with E-state index in [0.29, 0.717) is 0 Å². The van der Waals surface area contributed by atoms with Gasteiger partial charge in [-0.15, -0.1) is 0 Å². The van der Waals surface area contributed by atoms with E-state index >= 15 is 0 Å². The average molecular weight is 312 g/mol. The van der Waals surface area contributed by atoms with Gasteiger partial charge in [0.2, 0.25) is 0 Å². The molecule has 0 atom stereocenters. The largest absolute Gasteiger partial charge is 0.507 e. The third-order valence-corrected chi connectivity index (χ3v) is 2.70. The van der Waals surface area contributed by atoms with Gasteiger partial charge < -0.3 is 24.8 Å². The molecule has 0 bridgehead atoms. The van der Waals surface area contributed by atoms with E-state index in [1.807, 2.05) is 0 Å². The second kappa shape index (κ2) is 7.30. The molecule has 0 saturated carbocycles. The first-order valence-corrected chi connectivity index (χ1v) is 6.47. The molecule has 0 aromatic heterocycles. The molecule has 0 aliphatic carbocycles. The van der Waals surface area contributed by atoms with Crippen LogP contribution in [0, 0.1) is 0 Å². The topological polar surface area (TPSA) is 130 Å². The number of esters is 2. The van der Waals surface area contributed by atoms with Gasteiger partial charge in [-0.05, 0) is 25.5 Å². The van der Waals surface area contributed by atoms with Crippen LogP contribution in [-0.4, -0.2) is 46.4 Å². The fraction of sp³-hybridized carbons (Fsp3) is 0.357. The van der Waals surface area contributed by atoms with Crippen LogP contribution in [0.1, 0.15) is 40.1 Å². The number of carbonyl (C=O) groups excluding carboxylic acids is 2. The number of aromatic carboxylic acids is 1. The fourth-order valence-corrected chi connectivity index (χ4v) is 1.86. The van der Waals surface area contributed by atoms with Gasteiger partial charge in [0.15, 0.2) is 0 Å². The molecule has 3 N–H and O–H groups in total. The van der Waals surface area contributed by atoms with Crippen LogP contribution in [0.3, 0.4) is 0 Å². The number of phenolic OH excluding ortho intramolecular Hbond substituents is 1. The number of hydrogen-bond donors (Lipinski definition) is 3. The van der Waals surface area contributed by atoms with Gasteiger partial charge in [-0.2, -0.15) is 0 Å². The molecule has 0 saturated heterocycles.